The van der Waals surface area contributed by atoms with Gasteiger partial charge in [0.25, 0.3) is 0 Å². The normalized spacial score (nSPS) is 14.8. The van der Waals surface area contributed by atoms with Crippen molar-refractivity contribution in [3.63, 3.8) is 0 Å². The van der Waals surface area contributed by atoms with Gasteiger partial charge in [-0.2, -0.15) is 0 Å². The Morgan fingerprint density at radius 2 is 2.26 bits per heavy atom. The summed E-state index contributed by atoms with van der Waals surface area (Å²) in [4.78, 5) is 4.19. The summed E-state index contributed by atoms with van der Waals surface area (Å²) in [5, 5.41) is 10.3. The summed E-state index contributed by atoms with van der Waals surface area (Å²) in [5.41, 5.74) is 2.92. The Bertz CT molecular complexity index is 586. The van der Waals surface area contributed by atoms with Crippen molar-refractivity contribution >= 4 is 15.9 Å². The fourth-order valence-electron chi connectivity index (χ4n) is 2.38. The van der Waals surface area contributed by atoms with Gasteiger partial charge in [0.2, 0.25) is 0 Å². The molecule has 1 N–H and O–H groups in total. The van der Waals surface area contributed by atoms with Crippen LogP contribution in [0.15, 0.2) is 41.0 Å². The Morgan fingerprint density at radius 3 is 3.05 bits per heavy atom. The molecule has 3 nitrogen and oxygen atoms in total. The second kappa shape index (κ2) is 5.31. The standard InChI is InChI=1S/C15H14BrNO2/c16-12-7-10-4-6-19-15(10)11(8-12)9-14(18)13-3-1-2-5-17-13/h1-3,5,7-8,14,18H,4,6,9H2. The Balaban J connectivity index is 1.88. The van der Waals surface area contributed by atoms with Crippen LogP contribution in [0.2, 0.25) is 0 Å². The summed E-state index contributed by atoms with van der Waals surface area (Å²) in [6.45, 7) is 0.721. The summed E-state index contributed by atoms with van der Waals surface area (Å²) in [7, 11) is 0. The second-order valence-corrected chi connectivity index (χ2v) is 5.54. The molecule has 0 radical (unpaired) electrons. The van der Waals surface area contributed by atoms with Gasteiger partial charge in [0.15, 0.2) is 0 Å². The van der Waals surface area contributed by atoms with Crippen LogP contribution in [0.1, 0.15) is 22.9 Å². The van der Waals surface area contributed by atoms with E-state index in [0.717, 1.165) is 28.8 Å². The van der Waals surface area contributed by atoms with Gasteiger partial charge in [-0.1, -0.05) is 22.0 Å². The first-order valence-electron chi connectivity index (χ1n) is 6.27. The van der Waals surface area contributed by atoms with Crippen molar-refractivity contribution in [2.75, 3.05) is 6.61 Å². The molecule has 0 saturated heterocycles. The van der Waals surface area contributed by atoms with E-state index in [1.807, 2.05) is 24.3 Å². The fraction of sp³-hybridized carbons (Fsp3) is 0.267. The average molecular weight is 320 g/mol. The van der Waals surface area contributed by atoms with E-state index in [1.54, 1.807) is 6.20 Å². The second-order valence-electron chi connectivity index (χ2n) is 4.63. The van der Waals surface area contributed by atoms with E-state index in [0.29, 0.717) is 12.1 Å². The number of hydrogen-bond donors (Lipinski definition) is 1. The van der Waals surface area contributed by atoms with E-state index in [2.05, 4.69) is 27.0 Å². The number of halogens is 1. The van der Waals surface area contributed by atoms with Crippen LogP contribution >= 0.6 is 15.9 Å². The van der Waals surface area contributed by atoms with E-state index in [-0.39, 0.29) is 0 Å². The number of aromatic nitrogens is 1. The van der Waals surface area contributed by atoms with E-state index < -0.39 is 6.10 Å². The first kappa shape index (κ1) is 12.6. The van der Waals surface area contributed by atoms with E-state index in [4.69, 9.17) is 4.74 Å². The number of pyridine rings is 1. The zero-order valence-corrected chi connectivity index (χ0v) is 11.9. The summed E-state index contributed by atoms with van der Waals surface area (Å²) in [5.74, 6) is 0.929. The third-order valence-corrected chi connectivity index (χ3v) is 3.73. The number of ether oxygens (including phenoxy) is 1. The lowest BCUT2D eigenvalue weighted by Gasteiger charge is -2.13. The van der Waals surface area contributed by atoms with Crippen molar-refractivity contribution in [1.29, 1.82) is 0 Å². The van der Waals surface area contributed by atoms with Crippen molar-refractivity contribution in [2.24, 2.45) is 0 Å². The maximum atomic E-state index is 10.3. The maximum absolute atomic E-state index is 10.3. The molecule has 1 aliphatic rings. The average Bonchev–Trinajstić information content (AvgIpc) is 2.88. The highest BCUT2D eigenvalue weighted by molar-refractivity contribution is 9.10. The molecule has 1 unspecified atom stereocenters. The van der Waals surface area contributed by atoms with Gasteiger partial charge in [0, 0.05) is 23.5 Å². The molecule has 1 aromatic carbocycles. The molecule has 1 aliphatic heterocycles. The lowest BCUT2D eigenvalue weighted by atomic mass is 10.0. The van der Waals surface area contributed by atoms with Gasteiger partial charge in [-0.3, -0.25) is 4.98 Å². The van der Waals surface area contributed by atoms with Crippen molar-refractivity contribution < 1.29 is 9.84 Å². The summed E-state index contributed by atoms with van der Waals surface area (Å²) in [6.07, 6.45) is 2.53. The smallest absolute Gasteiger partial charge is 0.125 e. The van der Waals surface area contributed by atoms with Gasteiger partial charge in [0.05, 0.1) is 12.3 Å². The molecule has 1 aromatic heterocycles. The minimum atomic E-state index is -0.608. The van der Waals surface area contributed by atoms with Gasteiger partial charge in [-0.15, -0.1) is 0 Å². The van der Waals surface area contributed by atoms with Crippen molar-refractivity contribution in [2.45, 2.75) is 18.9 Å². The van der Waals surface area contributed by atoms with E-state index in [9.17, 15) is 5.11 Å². The highest BCUT2D eigenvalue weighted by atomic mass is 79.9. The minimum Gasteiger partial charge on any atom is -0.493 e. The van der Waals surface area contributed by atoms with Gasteiger partial charge in [-0.25, -0.2) is 0 Å². The zero-order valence-electron chi connectivity index (χ0n) is 10.3. The fourth-order valence-corrected chi connectivity index (χ4v) is 2.94. The minimum absolute atomic E-state index is 0.513. The molecule has 3 rings (SSSR count). The van der Waals surface area contributed by atoms with Crippen molar-refractivity contribution in [1.82, 2.24) is 4.98 Å². The van der Waals surface area contributed by atoms with E-state index in [1.165, 1.54) is 5.56 Å². The lowest BCUT2D eigenvalue weighted by Crippen LogP contribution is -2.05. The van der Waals surface area contributed by atoms with Crippen LogP contribution in [0.5, 0.6) is 5.75 Å². The number of aliphatic hydroxyl groups excluding tert-OH is 1. The van der Waals surface area contributed by atoms with Crippen LogP contribution < -0.4 is 4.74 Å². The van der Waals surface area contributed by atoms with Gasteiger partial charge >= 0.3 is 0 Å². The van der Waals surface area contributed by atoms with Crippen LogP contribution in [0.4, 0.5) is 0 Å². The number of benzene rings is 1. The molecule has 0 fully saturated rings. The number of nitrogens with zero attached hydrogens (tertiary/aromatic N) is 1. The SMILES string of the molecule is OC(Cc1cc(Br)cc2c1OCC2)c1ccccn1. The highest BCUT2D eigenvalue weighted by Gasteiger charge is 2.20. The molecule has 0 spiro atoms. The van der Waals surface area contributed by atoms with Crippen LogP contribution in [0, 0.1) is 0 Å². The molecule has 0 amide bonds. The molecule has 0 aliphatic carbocycles. The zero-order chi connectivity index (χ0) is 13.2. The molecule has 2 aromatic rings. The van der Waals surface area contributed by atoms with Gasteiger partial charge in [0.1, 0.15) is 11.9 Å². The Hall–Kier alpha value is -1.39. The third-order valence-electron chi connectivity index (χ3n) is 3.27. The summed E-state index contributed by atoms with van der Waals surface area (Å²) >= 11 is 3.51. The van der Waals surface area contributed by atoms with Crippen LogP contribution in [0.3, 0.4) is 0 Å². The molecule has 4 heteroatoms. The Labute approximate surface area is 120 Å². The first-order chi connectivity index (χ1) is 9.24. The molecule has 0 saturated carbocycles. The number of hydrogen-bond acceptors (Lipinski definition) is 3. The largest absolute Gasteiger partial charge is 0.493 e. The van der Waals surface area contributed by atoms with Crippen molar-refractivity contribution in [3.05, 3.63) is 57.8 Å². The van der Waals surface area contributed by atoms with Crippen LogP contribution in [-0.2, 0) is 12.8 Å². The summed E-state index contributed by atoms with van der Waals surface area (Å²) < 4.78 is 6.70. The first-order valence-corrected chi connectivity index (χ1v) is 7.06. The number of fused-ring (bicyclic) bond motifs is 1. The molecule has 0 bridgehead atoms. The molecule has 19 heavy (non-hydrogen) atoms. The highest BCUT2D eigenvalue weighted by Crippen LogP contribution is 2.35. The summed E-state index contributed by atoms with van der Waals surface area (Å²) in [6, 6.07) is 9.66. The predicted octanol–water partition coefficient (Wildman–Crippen LogP) is 3.06. The molecular formula is C15H14BrNO2. The Morgan fingerprint density at radius 1 is 1.37 bits per heavy atom. The van der Waals surface area contributed by atoms with Crippen LogP contribution in [-0.4, -0.2) is 16.7 Å². The van der Waals surface area contributed by atoms with E-state index >= 15 is 0 Å². The monoisotopic (exact) mass is 319 g/mol. The van der Waals surface area contributed by atoms with Crippen molar-refractivity contribution in [3.8, 4) is 5.75 Å². The molecule has 2 heterocycles. The topological polar surface area (TPSA) is 42.4 Å². The number of rotatable bonds is 3. The molecule has 1 atom stereocenters. The molecule has 98 valence electrons. The Kier molecular flexibility index (Phi) is 3.53. The number of aliphatic hydroxyl groups is 1. The lowest BCUT2D eigenvalue weighted by molar-refractivity contribution is 0.172. The van der Waals surface area contributed by atoms with Crippen LogP contribution in [0.25, 0.3) is 0 Å². The third kappa shape index (κ3) is 2.65. The van der Waals surface area contributed by atoms with Gasteiger partial charge < -0.3 is 9.84 Å². The predicted molar refractivity (Wildman–Crippen MR) is 76.2 cm³/mol. The quantitative estimate of drug-likeness (QED) is 0.945. The van der Waals surface area contributed by atoms with Gasteiger partial charge in [-0.05, 0) is 35.4 Å². The molecular weight excluding hydrogens is 306 g/mol. The maximum Gasteiger partial charge on any atom is 0.125 e.